The lowest BCUT2D eigenvalue weighted by atomic mass is 10.0. The van der Waals surface area contributed by atoms with Crippen molar-refractivity contribution >= 4 is 32.5 Å². The number of methoxy groups -OCH3 is 1. The van der Waals surface area contributed by atoms with Crippen molar-refractivity contribution in [2.45, 2.75) is 0 Å². The number of fused-ring (bicyclic) bond motifs is 1. The molecule has 0 N–H and O–H groups in total. The summed E-state index contributed by atoms with van der Waals surface area (Å²) in [7, 11) is 1.58. The van der Waals surface area contributed by atoms with Gasteiger partial charge >= 0.3 is 0 Å². The number of carbonyl (C=O) groups excluding carboxylic acids is 1. The summed E-state index contributed by atoms with van der Waals surface area (Å²) in [6.45, 7) is 0. The van der Waals surface area contributed by atoms with Crippen LogP contribution in [0.1, 0.15) is 10.4 Å². The molecule has 2 aromatic carbocycles. The number of hydrogen-bond donors (Lipinski definition) is 0. The first-order valence-corrected chi connectivity index (χ1v) is 6.05. The molecule has 2 rings (SSSR count). The molecule has 2 aromatic rings. The van der Waals surface area contributed by atoms with Crippen LogP contribution in [0.2, 0.25) is 0 Å². The van der Waals surface area contributed by atoms with Crippen molar-refractivity contribution < 1.29 is 9.53 Å². The number of Topliss-reactive ketones (excluding diaryl/α,β-unsaturated/α-hetero) is 1. The van der Waals surface area contributed by atoms with Gasteiger partial charge in [-0.05, 0) is 16.8 Å². The van der Waals surface area contributed by atoms with Gasteiger partial charge in [0.05, 0.1) is 18.0 Å². The Labute approximate surface area is 102 Å². The van der Waals surface area contributed by atoms with Gasteiger partial charge in [-0.1, -0.05) is 46.3 Å². The second-order valence-corrected chi connectivity index (χ2v) is 3.98. The number of ether oxygens (including phenoxy) is 1. The van der Waals surface area contributed by atoms with Crippen LogP contribution in [0.15, 0.2) is 36.4 Å². The fourth-order valence-corrected chi connectivity index (χ4v) is 2.06. The summed E-state index contributed by atoms with van der Waals surface area (Å²) in [5, 5.41) is 2.29. The summed E-state index contributed by atoms with van der Waals surface area (Å²) in [5.41, 5.74) is 0.650. The average Bonchev–Trinajstić information content (AvgIpc) is 2.36. The Hall–Kier alpha value is -1.35. The summed E-state index contributed by atoms with van der Waals surface area (Å²) in [5.74, 6) is 0.664. The Morgan fingerprint density at radius 1 is 1.25 bits per heavy atom. The van der Waals surface area contributed by atoms with Crippen LogP contribution < -0.4 is 4.74 Å². The predicted molar refractivity (Wildman–Crippen MR) is 68.6 cm³/mol. The van der Waals surface area contributed by atoms with Gasteiger partial charge in [-0.15, -0.1) is 0 Å². The highest BCUT2D eigenvalue weighted by atomic mass is 79.9. The quantitative estimate of drug-likeness (QED) is 0.635. The van der Waals surface area contributed by atoms with Crippen LogP contribution in [-0.4, -0.2) is 18.2 Å². The van der Waals surface area contributed by atoms with Gasteiger partial charge in [0, 0.05) is 0 Å². The molecular formula is C13H11BrO2. The first kappa shape index (κ1) is 11.1. The molecule has 0 heterocycles. The van der Waals surface area contributed by atoms with Crippen LogP contribution in [-0.2, 0) is 0 Å². The zero-order valence-corrected chi connectivity index (χ0v) is 10.5. The van der Waals surface area contributed by atoms with E-state index in [2.05, 4.69) is 15.9 Å². The number of ketones is 1. The number of halogens is 1. The fourth-order valence-electron chi connectivity index (χ4n) is 1.78. The molecule has 0 spiro atoms. The van der Waals surface area contributed by atoms with Crippen molar-refractivity contribution in [2.24, 2.45) is 0 Å². The number of alkyl halides is 1. The molecule has 0 aromatic heterocycles. The molecule has 16 heavy (non-hydrogen) atoms. The van der Waals surface area contributed by atoms with Gasteiger partial charge in [0.25, 0.3) is 0 Å². The van der Waals surface area contributed by atoms with Crippen LogP contribution >= 0.6 is 15.9 Å². The molecule has 0 fully saturated rings. The van der Waals surface area contributed by atoms with Gasteiger partial charge in [0.15, 0.2) is 5.78 Å². The van der Waals surface area contributed by atoms with E-state index in [1.165, 1.54) is 0 Å². The molecule has 0 aliphatic heterocycles. The molecule has 3 heteroatoms. The lowest BCUT2D eigenvalue weighted by Gasteiger charge is -2.09. The van der Waals surface area contributed by atoms with Gasteiger partial charge in [0.1, 0.15) is 5.75 Å². The van der Waals surface area contributed by atoms with Gasteiger partial charge in [-0.3, -0.25) is 4.79 Å². The highest BCUT2D eigenvalue weighted by Crippen LogP contribution is 2.28. The van der Waals surface area contributed by atoms with E-state index < -0.39 is 0 Å². The van der Waals surface area contributed by atoms with Gasteiger partial charge < -0.3 is 4.74 Å². The molecule has 0 saturated heterocycles. The number of hydrogen-bond acceptors (Lipinski definition) is 2. The average molecular weight is 279 g/mol. The van der Waals surface area contributed by atoms with Crippen molar-refractivity contribution in [1.29, 1.82) is 0 Å². The molecule has 0 aliphatic rings. The second kappa shape index (κ2) is 4.66. The smallest absolute Gasteiger partial charge is 0.177 e. The topological polar surface area (TPSA) is 26.3 Å². The molecule has 0 atom stereocenters. The zero-order chi connectivity index (χ0) is 11.5. The van der Waals surface area contributed by atoms with E-state index in [4.69, 9.17) is 4.74 Å². The van der Waals surface area contributed by atoms with Gasteiger partial charge in [0.2, 0.25) is 0 Å². The molecule has 0 aliphatic carbocycles. The fraction of sp³-hybridized carbons (Fsp3) is 0.154. The van der Waals surface area contributed by atoms with E-state index >= 15 is 0 Å². The second-order valence-electron chi connectivity index (χ2n) is 3.42. The molecule has 0 bridgehead atoms. The maximum Gasteiger partial charge on any atom is 0.177 e. The minimum atomic E-state index is 0.0358. The normalized spacial score (nSPS) is 10.4. The summed E-state index contributed by atoms with van der Waals surface area (Å²) >= 11 is 3.20. The first-order valence-electron chi connectivity index (χ1n) is 4.93. The van der Waals surface area contributed by atoms with E-state index in [0.717, 1.165) is 10.8 Å². The van der Waals surface area contributed by atoms with Crippen LogP contribution in [0.3, 0.4) is 0 Å². The number of benzene rings is 2. The first-order chi connectivity index (χ1) is 7.77. The molecule has 0 unspecified atom stereocenters. The standard InChI is InChI=1S/C13H11BrO2/c1-16-12-7-6-9-4-2-3-5-10(9)13(12)11(15)8-14/h2-7H,8H2,1H3. The minimum absolute atomic E-state index is 0.0358. The van der Waals surface area contributed by atoms with Crippen LogP contribution in [0.4, 0.5) is 0 Å². The molecule has 2 nitrogen and oxygen atoms in total. The van der Waals surface area contributed by atoms with Gasteiger partial charge in [-0.2, -0.15) is 0 Å². The van der Waals surface area contributed by atoms with Crippen molar-refractivity contribution in [3.8, 4) is 5.75 Å². The van der Waals surface area contributed by atoms with Crippen molar-refractivity contribution in [1.82, 2.24) is 0 Å². The third-order valence-corrected chi connectivity index (χ3v) is 3.02. The van der Waals surface area contributed by atoms with E-state index in [1.807, 2.05) is 36.4 Å². The van der Waals surface area contributed by atoms with Crippen molar-refractivity contribution in [2.75, 3.05) is 12.4 Å². The SMILES string of the molecule is COc1ccc2ccccc2c1C(=O)CBr. The lowest BCUT2D eigenvalue weighted by molar-refractivity contribution is 0.102. The maximum absolute atomic E-state index is 11.9. The zero-order valence-electron chi connectivity index (χ0n) is 8.87. The van der Waals surface area contributed by atoms with Crippen LogP contribution in [0.5, 0.6) is 5.75 Å². The Kier molecular flexibility index (Phi) is 3.25. The predicted octanol–water partition coefficient (Wildman–Crippen LogP) is 3.43. The summed E-state index contributed by atoms with van der Waals surface area (Å²) in [6.07, 6.45) is 0. The van der Waals surface area contributed by atoms with E-state index in [-0.39, 0.29) is 5.78 Å². The van der Waals surface area contributed by atoms with Crippen molar-refractivity contribution in [3.05, 3.63) is 42.0 Å². The Bertz CT molecular complexity index is 534. The Morgan fingerprint density at radius 2 is 2.00 bits per heavy atom. The van der Waals surface area contributed by atoms with E-state index in [1.54, 1.807) is 7.11 Å². The van der Waals surface area contributed by atoms with Crippen LogP contribution in [0.25, 0.3) is 10.8 Å². The van der Waals surface area contributed by atoms with E-state index in [9.17, 15) is 4.79 Å². The monoisotopic (exact) mass is 278 g/mol. The maximum atomic E-state index is 11.9. The minimum Gasteiger partial charge on any atom is -0.496 e. The molecule has 0 radical (unpaired) electrons. The third-order valence-electron chi connectivity index (χ3n) is 2.51. The van der Waals surface area contributed by atoms with Crippen molar-refractivity contribution in [3.63, 3.8) is 0 Å². The third kappa shape index (κ3) is 1.83. The van der Waals surface area contributed by atoms with Gasteiger partial charge in [-0.25, -0.2) is 0 Å². The summed E-state index contributed by atoms with van der Waals surface area (Å²) in [6, 6.07) is 11.6. The Morgan fingerprint density at radius 3 is 2.69 bits per heavy atom. The largest absolute Gasteiger partial charge is 0.496 e. The Balaban J connectivity index is 2.78. The number of rotatable bonds is 3. The summed E-state index contributed by atoms with van der Waals surface area (Å²) in [4.78, 5) is 11.9. The molecule has 0 saturated carbocycles. The molecule has 82 valence electrons. The lowest BCUT2D eigenvalue weighted by Crippen LogP contribution is -2.04. The van der Waals surface area contributed by atoms with E-state index in [0.29, 0.717) is 16.6 Å². The highest BCUT2D eigenvalue weighted by Gasteiger charge is 2.14. The van der Waals surface area contributed by atoms with Crippen LogP contribution in [0, 0.1) is 0 Å². The molecule has 0 amide bonds. The number of carbonyl (C=O) groups is 1. The highest BCUT2D eigenvalue weighted by molar-refractivity contribution is 9.09. The summed E-state index contributed by atoms with van der Waals surface area (Å²) < 4.78 is 5.23. The molecular weight excluding hydrogens is 268 g/mol.